The number of hydrogen-bond acceptors (Lipinski definition) is 8. The Morgan fingerprint density at radius 2 is 1.68 bits per heavy atom. The molecule has 1 aliphatic rings. The highest BCUT2D eigenvalue weighted by Gasteiger charge is 2.29. The van der Waals surface area contributed by atoms with E-state index < -0.39 is 23.4 Å². The molecule has 0 saturated carbocycles. The van der Waals surface area contributed by atoms with Crippen molar-refractivity contribution in [2.45, 2.75) is 58.7 Å². The van der Waals surface area contributed by atoms with Crippen LogP contribution >= 0.6 is 0 Å². The van der Waals surface area contributed by atoms with Crippen LogP contribution in [0.1, 0.15) is 68.5 Å². The molecule has 2 aromatic carbocycles. The summed E-state index contributed by atoms with van der Waals surface area (Å²) >= 11 is 0. The van der Waals surface area contributed by atoms with E-state index in [-0.39, 0.29) is 23.4 Å². The first kappa shape index (κ1) is 31.9. The zero-order valence-electron chi connectivity index (χ0n) is 27.0. The van der Waals surface area contributed by atoms with E-state index in [2.05, 4.69) is 26.4 Å². The summed E-state index contributed by atoms with van der Waals surface area (Å²) in [7, 11) is 0. The van der Waals surface area contributed by atoms with Gasteiger partial charge in [0.2, 0.25) is 0 Å². The average molecular weight is 637 g/mol. The number of anilines is 2. The molecule has 12 heteroatoms. The molecule has 1 aliphatic heterocycles. The van der Waals surface area contributed by atoms with Crippen molar-refractivity contribution in [2.75, 3.05) is 24.1 Å². The number of likely N-dealkylation sites (tertiary alicyclic amines) is 1. The lowest BCUT2D eigenvalue weighted by Crippen LogP contribution is -2.43. The standard InChI is InChI=1S/C35H40N8O4/c1-21(2)33(45)40-16-14-24(15-17-40)29-18-27(30-31(36)37-20-38-43(29)30)23-10-12-25(13-11-23)39-32(44)28-19-41(22(3)4)35(47)42(34(28)46)26-8-6-5-7-9-26/h5-13,18-22,24,33,45H,14-17H2,1-4H3,(H,39,44)(H2,36,37,38). The summed E-state index contributed by atoms with van der Waals surface area (Å²) < 4.78 is 4.27. The lowest BCUT2D eigenvalue weighted by atomic mass is 9.92. The maximum atomic E-state index is 13.5. The van der Waals surface area contributed by atoms with Crippen LogP contribution in [0.5, 0.6) is 0 Å². The molecular formula is C35H40N8O4. The number of aliphatic hydroxyl groups is 1. The second-order valence-electron chi connectivity index (χ2n) is 12.7. The zero-order chi connectivity index (χ0) is 33.4. The Balaban J connectivity index is 1.28. The van der Waals surface area contributed by atoms with Gasteiger partial charge in [-0.3, -0.25) is 19.1 Å². The molecule has 4 heterocycles. The summed E-state index contributed by atoms with van der Waals surface area (Å²) in [5.41, 5.74) is 9.37. The number of aromatic nitrogens is 5. The third kappa shape index (κ3) is 6.09. The Morgan fingerprint density at radius 3 is 2.32 bits per heavy atom. The van der Waals surface area contributed by atoms with Crippen molar-refractivity contribution in [3.05, 3.63) is 105 Å². The number of amides is 1. The molecule has 0 aliphatic carbocycles. The van der Waals surface area contributed by atoms with Gasteiger partial charge in [-0.2, -0.15) is 5.10 Å². The van der Waals surface area contributed by atoms with Gasteiger partial charge in [-0.05, 0) is 68.5 Å². The minimum absolute atomic E-state index is 0.147. The Hall–Kier alpha value is -5.07. The summed E-state index contributed by atoms with van der Waals surface area (Å²) in [6, 6.07) is 17.7. The average Bonchev–Trinajstić information content (AvgIpc) is 3.46. The molecule has 0 radical (unpaired) electrons. The number of nitrogens with zero attached hydrogens (tertiary/aromatic N) is 6. The number of fused-ring (bicyclic) bond motifs is 1. The molecule has 6 rings (SSSR count). The molecular weight excluding hydrogens is 596 g/mol. The van der Waals surface area contributed by atoms with Crippen molar-refractivity contribution < 1.29 is 9.90 Å². The third-order valence-corrected chi connectivity index (χ3v) is 8.91. The normalized spacial score (nSPS) is 15.0. The molecule has 0 spiro atoms. The fraction of sp³-hybridized carbons (Fsp3) is 0.343. The van der Waals surface area contributed by atoms with Gasteiger partial charge in [0.05, 0.1) is 5.69 Å². The van der Waals surface area contributed by atoms with Gasteiger partial charge in [-0.15, -0.1) is 0 Å². The molecule has 1 saturated heterocycles. The Labute approximate surface area is 272 Å². The minimum Gasteiger partial charge on any atom is -0.382 e. The van der Waals surface area contributed by atoms with Crippen molar-refractivity contribution in [2.24, 2.45) is 5.92 Å². The summed E-state index contributed by atoms with van der Waals surface area (Å²) in [6.07, 6.45) is 4.07. The molecule has 244 valence electrons. The second kappa shape index (κ2) is 13.0. The van der Waals surface area contributed by atoms with E-state index in [9.17, 15) is 19.5 Å². The largest absolute Gasteiger partial charge is 0.382 e. The summed E-state index contributed by atoms with van der Waals surface area (Å²) in [4.78, 5) is 46.5. The maximum absolute atomic E-state index is 13.5. The molecule has 1 atom stereocenters. The van der Waals surface area contributed by atoms with Crippen LogP contribution in [0, 0.1) is 5.92 Å². The van der Waals surface area contributed by atoms with Gasteiger partial charge in [0, 0.05) is 48.2 Å². The van der Waals surface area contributed by atoms with E-state index in [0.29, 0.717) is 22.7 Å². The number of aliphatic hydroxyl groups excluding tert-OH is 1. The molecule has 47 heavy (non-hydrogen) atoms. The second-order valence-corrected chi connectivity index (χ2v) is 12.7. The highest BCUT2D eigenvalue weighted by Crippen LogP contribution is 2.37. The van der Waals surface area contributed by atoms with Crippen molar-refractivity contribution >= 4 is 22.9 Å². The number of hydrogen-bond donors (Lipinski definition) is 3. The number of carbonyl (C=O) groups is 1. The van der Waals surface area contributed by atoms with E-state index in [1.807, 2.05) is 44.3 Å². The number of para-hydroxylation sites is 1. The molecule has 1 unspecified atom stereocenters. The quantitative estimate of drug-likeness (QED) is 0.228. The number of rotatable bonds is 8. The van der Waals surface area contributed by atoms with Gasteiger partial charge in [-0.25, -0.2) is 18.9 Å². The first-order chi connectivity index (χ1) is 22.5. The Morgan fingerprint density at radius 1 is 1.00 bits per heavy atom. The first-order valence-corrected chi connectivity index (χ1v) is 15.9. The van der Waals surface area contributed by atoms with E-state index >= 15 is 0 Å². The molecule has 4 N–H and O–H groups in total. The summed E-state index contributed by atoms with van der Waals surface area (Å²) in [5, 5.41) is 17.9. The Bertz CT molecular complexity index is 2020. The fourth-order valence-corrected chi connectivity index (χ4v) is 6.32. The number of piperidine rings is 1. The predicted molar refractivity (Wildman–Crippen MR) is 182 cm³/mol. The van der Waals surface area contributed by atoms with Gasteiger partial charge in [0.25, 0.3) is 11.5 Å². The zero-order valence-corrected chi connectivity index (χ0v) is 27.0. The van der Waals surface area contributed by atoms with Crippen molar-refractivity contribution in [3.8, 4) is 16.8 Å². The van der Waals surface area contributed by atoms with Gasteiger partial charge < -0.3 is 16.2 Å². The van der Waals surface area contributed by atoms with E-state index in [0.717, 1.165) is 47.3 Å². The van der Waals surface area contributed by atoms with Gasteiger partial charge in [-0.1, -0.05) is 44.2 Å². The minimum atomic E-state index is -0.694. The van der Waals surface area contributed by atoms with Crippen molar-refractivity contribution in [3.63, 3.8) is 0 Å². The monoisotopic (exact) mass is 636 g/mol. The van der Waals surface area contributed by atoms with Gasteiger partial charge >= 0.3 is 5.69 Å². The van der Waals surface area contributed by atoms with Crippen LogP contribution in [-0.4, -0.2) is 59.0 Å². The summed E-state index contributed by atoms with van der Waals surface area (Å²) in [5.74, 6) is 0.135. The maximum Gasteiger partial charge on any atom is 0.335 e. The van der Waals surface area contributed by atoms with Crippen LogP contribution in [0.3, 0.4) is 0 Å². The highest BCUT2D eigenvalue weighted by atomic mass is 16.3. The smallest absolute Gasteiger partial charge is 0.335 e. The molecule has 5 aromatic rings. The van der Waals surface area contributed by atoms with E-state index in [1.165, 1.54) is 17.1 Å². The lowest BCUT2D eigenvalue weighted by molar-refractivity contribution is -0.0419. The van der Waals surface area contributed by atoms with Crippen molar-refractivity contribution in [1.82, 2.24) is 28.6 Å². The van der Waals surface area contributed by atoms with Crippen LogP contribution in [0.25, 0.3) is 22.3 Å². The van der Waals surface area contributed by atoms with Crippen molar-refractivity contribution in [1.29, 1.82) is 0 Å². The number of nitrogens with one attached hydrogen (secondary N) is 1. The molecule has 1 fully saturated rings. The summed E-state index contributed by atoms with van der Waals surface area (Å²) in [6.45, 7) is 9.25. The molecule has 12 nitrogen and oxygen atoms in total. The molecule has 1 amide bonds. The van der Waals surface area contributed by atoms with Crippen LogP contribution < -0.4 is 22.3 Å². The van der Waals surface area contributed by atoms with Crippen LogP contribution in [0.15, 0.2) is 82.8 Å². The SMILES string of the molecule is CC(C)C(O)N1CCC(c2cc(-c3ccc(NC(=O)c4cn(C(C)C)c(=O)n(-c5ccccc5)c4=O)cc3)c3c(N)ncnn23)CC1. The fourth-order valence-electron chi connectivity index (χ4n) is 6.32. The van der Waals surface area contributed by atoms with Crippen LogP contribution in [-0.2, 0) is 0 Å². The van der Waals surface area contributed by atoms with Gasteiger partial charge in [0.1, 0.15) is 23.6 Å². The van der Waals surface area contributed by atoms with E-state index in [4.69, 9.17) is 5.73 Å². The van der Waals surface area contributed by atoms with Crippen LogP contribution in [0.2, 0.25) is 0 Å². The highest BCUT2D eigenvalue weighted by molar-refractivity contribution is 6.04. The third-order valence-electron chi connectivity index (χ3n) is 8.91. The predicted octanol–water partition coefficient (Wildman–Crippen LogP) is 4.28. The molecule has 0 bridgehead atoms. The van der Waals surface area contributed by atoms with Crippen LogP contribution in [0.4, 0.5) is 11.5 Å². The number of nitrogen functional groups attached to an aromatic ring is 1. The topological polar surface area (TPSA) is 153 Å². The molecule has 3 aromatic heterocycles. The number of carbonyl (C=O) groups excluding carboxylic acids is 1. The number of benzene rings is 2. The Kier molecular flexibility index (Phi) is 8.80. The van der Waals surface area contributed by atoms with Gasteiger partial charge in [0.15, 0.2) is 5.82 Å². The lowest BCUT2D eigenvalue weighted by Gasteiger charge is -2.36. The van der Waals surface area contributed by atoms with E-state index in [1.54, 1.807) is 42.5 Å². The first-order valence-electron chi connectivity index (χ1n) is 15.9. The number of nitrogens with two attached hydrogens (primary N) is 1.